The molecule has 0 aliphatic heterocycles. The molecule has 2 N–H and O–H groups in total. The molecule has 94 valence electrons. The van der Waals surface area contributed by atoms with Crippen LogP contribution in [-0.2, 0) is 14.8 Å². The van der Waals surface area contributed by atoms with Crippen molar-refractivity contribution < 1.29 is 18.3 Å². The maximum absolute atomic E-state index is 11.5. The van der Waals surface area contributed by atoms with Gasteiger partial charge in [-0.05, 0) is 30.7 Å². The highest BCUT2D eigenvalue weighted by molar-refractivity contribution is 7.92. The summed E-state index contributed by atoms with van der Waals surface area (Å²) in [7, 11) is -3.64. The average Bonchev–Trinajstić information content (AvgIpc) is 2.20. The molecule has 0 amide bonds. The van der Waals surface area contributed by atoms with Gasteiger partial charge in [-0.1, -0.05) is 11.6 Å². The van der Waals surface area contributed by atoms with E-state index in [4.69, 9.17) is 16.7 Å². The molecule has 0 aliphatic carbocycles. The van der Waals surface area contributed by atoms with Gasteiger partial charge in [0.2, 0.25) is 10.0 Å². The first-order chi connectivity index (χ1) is 7.80. The minimum absolute atomic E-state index is 0.403. The number of carboxylic acids is 1. The Labute approximate surface area is 104 Å². The Hall–Kier alpha value is -1.27. The highest BCUT2D eigenvalue weighted by atomic mass is 35.5. The Balaban J connectivity index is 2.79. The summed E-state index contributed by atoms with van der Waals surface area (Å²) < 4.78 is 25.4. The maximum Gasteiger partial charge on any atom is 0.304 e. The number of nitrogens with one attached hydrogen (secondary N) is 1. The van der Waals surface area contributed by atoms with Crippen LogP contribution in [0.5, 0.6) is 0 Å². The molecule has 0 unspecified atom stereocenters. The van der Waals surface area contributed by atoms with Gasteiger partial charge in [0.05, 0.1) is 17.9 Å². The molecule has 0 saturated carbocycles. The fourth-order valence-electron chi connectivity index (χ4n) is 1.18. The van der Waals surface area contributed by atoms with Gasteiger partial charge in [0.1, 0.15) is 0 Å². The fourth-order valence-corrected chi connectivity index (χ4v) is 2.52. The Morgan fingerprint density at radius 1 is 1.47 bits per heavy atom. The summed E-state index contributed by atoms with van der Waals surface area (Å²) >= 11 is 5.74. The van der Waals surface area contributed by atoms with Crippen molar-refractivity contribution in [2.24, 2.45) is 0 Å². The smallest absolute Gasteiger partial charge is 0.304 e. The van der Waals surface area contributed by atoms with Gasteiger partial charge in [0.25, 0.3) is 0 Å². The van der Waals surface area contributed by atoms with Crippen LogP contribution in [-0.4, -0.2) is 25.2 Å². The first kappa shape index (κ1) is 13.8. The number of carboxylic acid groups (broad SMARTS) is 1. The van der Waals surface area contributed by atoms with E-state index in [-0.39, 0.29) is 0 Å². The summed E-state index contributed by atoms with van der Waals surface area (Å²) in [5, 5.41) is 8.93. The van der Waals surface area contributed by atoms with E-state index in [0.29, 0.717) is 16.3 Å². The molecule has 1 rings (SSSR count). The fraction of sp³-hybridized carbons (Fsp3) is 0.300. The summed E-state index contributed by atoms with van der Waals surface area (Å²) in [6.07, 6.45) is -0.429. The highest BCUT2D eigenvalue weighted by Crippen LogP contribution is 2.20. The molecule has 17 heavy (non-hydrogen) atoms. The minimum Gasteiger partial charge on any atom is -0.481 e. The lowest BCUT2D eigenvalue weighted by molar-refractivity contribution is -0.136. The van der Waals surface area contributed by atoms with Gasteiger partial charge in [-0.25, -0.2) is 8.42 Å². The van der Waals surface area contributed by atoms with Crippen LogP contribution in [0.2, 0.25) is 5.02 Å². The van der Waals surface area contributed by atoms with Crippen LogP contribution < -0.4 is 4.72 Å². The standard InChI is InChI=1S/C10H12ClNO4S/c1-7-6-8(11)2-3-9(7)12-17(15,16)5-4-10(13)14/h2-3,6,12H,4-5H2,1H3,(H,13,14). The second-order valence-corrected chi connectivity index (χ2v) is 5.80. The molecule has 0 aliphatic rings. The van der Waals surface area contributed by atoms with E-state index < -0.39 is 28.2 Å². The molecular formula is C10H12ClNO4S. The molecule has 7 heteroatoms. The van der Waals surface area contributed by atoms with E-state index in [1.807, 2.05) is 0 Å². The minimum atomic E-state index is -3.64. The van der Waals surface area contributed by atoms with Gasteiger partial charge in [-0.15, -0.1) is 0 Å². The molecule has 1 aromatic carbocycles. The zero-order valence-corrected chi connectivity index (χ0v) is 10.7. The molecule has 1 aromatic rings. The van der Waals surface area contributed by atoms with E-state index >= 15 is 0 Å². The van der Waals surface area contributed by atoms with Crippen molar-refractivity contribution in [3.63, 3.8) is 0 Å². The van der Waals surface area contributed by atoms with Crippen LogP contribution in [0.15, 0.2) is 18.2 Å². The molecule has 0 spiro atoms. The van der Waals surface area contributed by atoms with E-state index in [1.165, 1.54) is 6.07 Å². The summed E-state index contributed by atoms with van der Waals surface area (Å²) in [5.74, 6) is -1.60. The second kappa shape index (κ2) is 5.37. The van der Waals surface area contributed by atoms with E-state index in [2.05, 4.69) is 4.72 Å². The lowest BCUT2D eigenvalue weighted by atomic mass is 10.2. The number of rotatable bonds is 5. The predicted molar refractivity (Wildman–Crippen MR) is 65.9 cm³/mol. The lowest BCUT2D eigenvalue weighted by Gasteiger charge is -2.09. The van der Waals surface area contributed by atoms with Gasteiger partial charge in [0, 0.05) is 5.02 Å². The van der Waals surface area contributed by atoms with Crippen LogP contribution in [0.1, 0.15) is 12.0 Å². The lowest BCUT2D eigenvalue weighted by Crippen LogP contribution is -2.19. The van der Waals surface area contributed by atoms with Crippen molar-refractivity contribution in [1.29, 1.82) is 0 Å². The number of sulfonamides is 1. The van der Waals surface area contributed by atoms with Crippen molar-refractivity contribution in [2.75, 3.05) is 10.5 Å². The van der Waals surface area contributed by atoms with Crippen LogP contribution in [0.3, 0.4) is 0 Å². The molecule has 0 bridgehead atoms. The number of hydrogen-bond donors (Lipinski definition) is 2. The summed E-state index contributed by atoms with van der Waals surface area (Å²) in [6, 6.07) is 4.72. The Bertz CT molecular complexity index is 527. The van der Waals surface area contributed by atoms with Crippen molar-refractivity contribution >= 4 is 33.3 Å². The Morgan fingerprint density at radius 3 is 2.65 bits per heavy atom. The van der Waals surface area contributed by atoms with Gasteiger partial charge < -0.3 is 5.11 Å². The number of halogens is 1. The number of aryl methyl sites for hydroxylation is 1. The van der Waals surface area contributed by atoms with Crippen molar-refractivity contribution in [2.45, 2.75) is 13.3 Å². The third kappa shape index (κ3) is 4.62. The predicted octanol–water partition coefficient (Wildman–Crippen LogP) is 1.86. The zero-order chi connectivity index (χ0) is 13.1. The molecular weight excluding hydrogens is 266 g/mol. The zero-order valence-electron chi connectivity index (χ0n) is 9.10. The van der Waals surface area contributed by atoms with Gasteiger partial charge in [0.15, 0.2) is 0 Å². The molecule has 0 aromatic heterocycles. The quantitative estimate of drug-likeness (QED) is 0.860. The maximum atomic E-state index is 11.5. The number of hydrogen-bond acceptors (Lipinski definition) is 3. The number of carbonyl (C=O) groups is 1. The number of aliphatic carboxylic acids is 1. The number of anilines is 1. The first-order valence-electron chi connectivity index (χ1n) is 4.78. The van der Waals surface area contributed by atoms with E-state index in [0.717, 1.165) is 0 Å². The monoisotopic (exact) mass is 277 g/mol. The van der Waals surface area contributed by atoms with Crippen LogP contribution >= 0.6 is 11.6 Å². The molecule has 0 fully saturated rings. The topological polar surface area (TPSA) is 83.5 Å². The summed E-state index contributed by atoms with van der Waals surface area (Å²) in [4.78, 5) is 10.3. The molecule has 0 atom stereocenters. The molecule has 0 saturated heterocycles. The van der Waals surface area contributed by atoms with E-state index in [9.17, 15) is 13.2 Å². The molecule has 5 nitrogen and oxygen atoms in total. The SMILES string of the molecule is Cc1cc(Cl)ccc1NS(=O)(=O)CCC(=O)O. The van der Waals surface area contributed by atoms with Gasteiger partial charge in [-0.2, -0.15) is 0 Å². The highest BCUT2D eigenvalue weighted by Gasteiger charge is 2.13. The third-order valence-electron chi connectivity index (χ3n) is 2.04. The average molecular weight is 278 g/mol. The third-order valence-corrected chi connectivity index (χ3v) is 3.55. The van der Waals surface area contributed by atoms with Crippen LogP contribution in [0, 0.1) is 6.92 Å². The van der Waals surface area contributed by atoms with Crippen molar-refractivity contribution in [1.82, 2.24) is 0 Å². The van der Waals surface area contributed by atoms with Crippen LogP contribution in [0.4, 0.5) is 5.69 Å². The van der Waals surface area contributed by atoms with Gasteiger partial charge in [-0.3, -0.25) is 9.52 Å². The normalized spacial score (nSPS) is 11.2. The Kier molecular flexibility index (Phi) is 4.36. The second-order valence-electron chi connectivity index (χ2n) is 3.52. The van der Waals surface area contributed by atoms with Crippen molar-refractivity contribution in [3.05, 3.63) is 28.8 Å². The van der Waals surface area contributed by atoms with E-state index in [1.54, 1.807) is 19.1 Å². The van der Waals surface area contributed by atoms with Gasteiger partial charge >= 0.3 is 5.97 Å². The van der Waals surface area contributed by atoms with Crippen LogP contribution in [0.25, 0.3) is 0 Å². The summed E-state index contributed by atoms with van der Waals surface area (Å²) in [6.45, 7) is 1.71. The molecule has 0 radical (unpaired) electrons. The number of benzene rings is 1. The largest absolute Gasteiger partial charge is 0.481 e. The first-order valence-corrected chi connectivity index (χ1v) is 6.81. The summed E-state index contributed by atoms with van der Waals surface area (Å²) in [5.41, 5.74) is 1.08. The Morgan fingerprint density at radius 2 is 2.12 bits per heavy atom. The van der Waals surface area contributed by atoms with Crippen molar-refractivity contribution in [3.8, 4) is 0 Å². The molecule has 0 heterocycles.